The topological polar surface area (TPSA) is 90.9 Å². The molecule has 27 heavy (non-hydrogen) atoms. The van der Waals surface area contributed by atoms with Crippen molar-refractivity contribution in [1.29, 1.82) is 0 Å². The first-order valence-electron chi connectivity index (χ1n) is 9.12. The van der Waals surface area contributed by atoms with E-state index in [4.69, 9.17) is 4.74 Å². The molecule has 1 aliphatic rings. The predicted molar refractivity (Wildman–Crippen MR) is 101 cm³/mol. The van der Waals surface area contributed by atoms with Crippen molar-refractivity contribution in [3.8, 4) is 0 Å². The second-order valence-corrected chi connectivity index (χ2v) is 7.61. The van der Waals surface area contributed by atoms with E-state index >= 15 is 0 Å². The number of hydrogen-bond acceptors (Lipinski definition) is 5. The van der Waals surface area contributed by atoms with E-state index in [9.17, 15) is 19.1 Å². The number of amides is 2. The number of nitrogens with one attached hydrogen (secondary N) is 2. The molecule has 0 unspecified atom stereocenters. The van der Waals surface area contributed by atoms with Crippen LogP contribution in [-0.4, -0.2) is 48.4 Å². The number of hydrogen-bond donors (Lipinski definition) is 3. The van der Waals surface area contributed by atoms with E-state index in [2.05, 4.69) is 10.6 Å². The summed E-state index contributed by atoms with van der Waals surface area (Å²) in [7, 11) is 0. The van der Waals surface area contributed by atoms with Gasteiger partial charge in [-0.15, -0.1) is 0 Å². The van der Waals surface area contributed by atoms with Gasteiger partial charge in [0.2, 0.25) is 5.91 Å². The normalized spacial score (nSPS) is 14.7. The number of halogens is 1. The van der Waals surface area contributed by atoms with E-state index in [1.165, 1.54) is 11.0 Å². The molecular weight excluding hydrogens is 353 g/mol. The van der Waals surface area contributed by atoms with Crippen molar-refractivity contribution in [2.75, 3.05) is 29.9 Å². The van der Waals surface area contributed by atoms with Gasteiger partial charge >= 0.3 is 6.09 Å². The van der Waals surface area contributed by atoms with E-state index in [-0.39, 0.29) is 25.4 Å². The Morgan fingerprint density at radius 3 is 2.70 bits per heavy atom. The Morgan fingerprint density at radius 1 is 1.37 bits per heavy atom. The summed E-state index contributed by atoms with van der Waals surface area (Å²) in [5.41, 5.74) is 0.851. The third-order valence-corrected chi connectivity index (χ3v) is 3.92. The molecule has 3 N–H and O–H groups in total. The maximum Gasteiger partial charge on any atom is 0.407 e. The molecule has 0 bridgehead atoms. The first-order chi connectivity index (χ1) is 12.6. The summed E-state index contributed by atoms with van der Waals surface area (Å²) in [5.74, 6) is -0.569. The van der Waals surface area contributed by atoms with Crippen LogP contribution in [0.15, 0.2) is 12.1 Å². The van der Waals surface area contributed by atoms with E-state index in [1.54, 1.807) is 26.8 Å². The van der Waals surface area contributed by atoms with Crippen molar-refractivity contribution in [2.24, 2.45) is 0 Å². The lowest BCUT2D eigenvalue weighted by atomic mass is 10.1. The second kappa shape index (κ2) is 8.56. The fourth-order valence-electron chi connectivity index (χ4n) is 2.86. The van der Waals surface area contributed by atoms with Gasteiger partial charge in [0.15, 0.2) is 0 Å². The molecule has 0 radical (unpaired) electrons. The summed E-state index contributed by atoms with van der Waals surface area (Å²) in [6.07, 6.45) is -0.571. The molecule has 8 heteroatoms. The highest BCUT2D eigenvalue weighted by Crippen LogP contribution is 2.34. The molecule has 0 aliphatic carbocycles. The van der Waals surface area contributed by atoms with E-state index in [0.29, 0.717) is 23.5 Å². The highest BCUT2D eigenvalue weighted by atomic mass is 19.1. The lowest BCUT2D eigenvalue weighted by Crippen LogP contribution is -2.39. The lowest BCUT2D eigenvalue weighted by Gasteiger charge is -2.21. The summed E-state index contributed by atoms with van der Waals surface area (Å²) in [5, 5.41) is 15.4. The van der Waals surface area contributed by atoms with Crippen LogP contribution in [0.1, 0.15) is 39.7 Å². The van der Waals surface area contributed by atoms with Crippen molar-refractivity contribution >= 4 is 23.4 Å². The molecule has 0 fully saturated rings. The maximum atomic E-state index is 14.5. The minimum absolute atomic E-state index is 0.00189. The number of aliphatic hydroxyl groups is 1. The van der Waals surface area contributed by atoms with Gasteiger partial charge in [0, 0.05) is 25.3 Å². The average molecular weight is 381 g/mol. The number of carbonyl (C=O) groups is 2. The van der Waals surface area contributed by atoms with Gasteiger partial charge in [-0.2, -0.15) is 0 Å². The highest BCUT2D eigenvalue weighted by Gasteiger charge is 2.30. The van der Waals surface area contributed by atoms with Gasteiger partial charge in [-0.25, -0.2) is 9.18 Å². The van der Waals surface area contributed by atoms with Gasteiger partial charge in [0.05, 0.1) is 18.2 Å². The van der Waals surface area contributed by atoms with Crippen LogP contribution >= 0.6 is 0 Å². The monoisotopic (exact) mass is 381 g/mol. The summed E-state index contributed by atoms with van der Waals surface area (Å²) in [6, 6.07) is 3.04. The van der Waals surface area contributed by atoms with Gasteiger partial charge in [-0.1, -0.05) is 6.92 Å². The Kier molecular flexibility index (Phi) is 6.64. The van der Waals surface area contributed by atoms with Gasteiger partial charge in [0.1, 0.15) is 11.4 Å². The Hall–Kier alpha value is -2.35. The van der Waals surface area contributed by atoms with E-state index in [0.717, 1.165) is 6.42 Å². The molecular formula is C19H28FN3O4. The first-order valence-corrected chi connectivity index (χ1v) is 9.12. The number of nitrogens with zero attached hydrogens (tertiary/aromatic N) is 1. The first kappa shape index (κ1) is 21.0. The van der Waals surface area contributed by atoms with Crippen molar-refractivity contribution in [3.05, 3.63) is 23.5 Å². The molecule has 0 aromatic heterocycles. The van der Waals surface area contributed by atoms with Crippen molar-refractivity contribution in [3.63, 3.8) is 0 Å². The third kappa shape index (κ3) is 5.82. The highest BCUT2D eigenvalue weighted by molar-refractivity contribution is 6.02. The van der Waals surface area contributed by atoms with Gasteiger partial charge in [-0.05, 0) is 44.9 Å². The average Bonchev–Trinajstić information content (AvgIpc) is 2.86. The van der Waals surface area contributed by atoms with Gasteiger partial charge in [0.25, 0.3) is 0 Å². The third-order valence-electron chi connectivity index (χ3n) is 3.92. The molecule has 2 rings (SSSR count). The van der Waals surface area contributed by atoms with Gasteiger partial charge in [-0.3, -0.25) is 4.79 Å². The number of anilines is 2. The number of benzene rings is 1. The molecule has 1 aliphatic heterocycles. The molecule has 7 nitrogen and oxygen atoms in total. The predicted octanol–water partition coefficient (Wildman–Crippen LogP) is 2.42. The van der Waals surface area contributed by atoms with Crippen LogP contribution < -0.4 is 15.5 Å². The fraction of sp³-hybridized carbons (Fsp3) is 0.579. The summed E-state index contributed by atoms with van der Waals surface area (Å²) < 4.78 is 19.6. The number of aliphatic hydroxyl groups excluding tert-OH is 1. The largest absolute Gasteiger partial charge is 0.444 e. The Balaban J connectivity index is 1.90. The molecule has 1 aromatic rings. The minimum Gasteiger partial charge on any atom is -0.444 e. The van der Waals surface area contributed by atoms with Crippen molar-refractivity contribution < 1.29 is 23.8 Å². The number of rotatable bonds is 7. The maximum absolute atomic E-state index is 14.5. The Labute approximate surface area is 158 Å². The van der Waals surface area contributed by atoms with Crippen LogP contribution in [0.5, 0.6) is 0 Å². The molecule has 1 aromatic carbocycles. The van der Waals surface area contributed by atoms with Gasteiger partial charge < -0.3 is 25.4 Å². The van der Waals surface area contributed by atoms with Crippen molar-refractivity contribution in [1.82, 2.24) is 5.32 Å². The molecule has 1 atom stereocenters. The number of ether oxygens (including phenoxy) is 1. The molecule has 2 amide bonds. The minimum atomic E-state index is -0.882. The van der Waals surface area contributed by atoms with Crippen LogP contribution in [0.2, 0.25) is 0 Å². The molecule has 1 heterocycles. The van der Waals surface area contributed by atoms with Crippen LogP contribution in [-0.2, 0) is 16.0 Å². The molecule has 0 spiro atoms. The Bertz CT molecular complexity index is 703. The smallest absolute Gasteiger partial charge is 0.407 e. The number of alkyl carbamates (subject to hydrolysis) is 1. The Morgan fingerprint density at radius 2 is 2.07 bits per heavy atom. The second-order valence-electron chi connectivity index (χ2n) is 7.61. The van der Waals surface area contributed by atoms with Crippen LogP contribution in [0, 0.1) is 5.82 Å². The molecule has 0 saturated heterocycles. The van der Waals surface area contributed by atoms with Crippen LogP contribution in [0.3, 0.4) is 0 Å². The summed E-state index contributed by atoms with van der Waals surface area (Å²) in [4.78, 5) is 25.1. The number of carbonyl (C=O) groups excluding carboxylic acids is 2. The van der Waals surface area contributed by atoms with Crippen LogP contribution in [0.4, 0.5) is 20.6 Å². The van der Waals surface area contributed by atoms with E-state index < -0.39 is 23.6 Å². The van der Waals surface area contributed by atoms with E-state index in [1.807, 2.05) is 6.92 Å². The zero-order chi connectivity index (χ0) is 20.2. The summed E-state index contributed by atoms with van der Waals surface area (Å²) in [6.45, 7) is 7.78. The fourth-order valence-corrected chi connectivity index (χ4v) is 2.86. The SMILES string of the molecule is CCCN1C(=O)Cc2cc(NC[C@H](O)CNC(=O)OC(C)(C)C)cc(F)c21. The lowest BCUT2D eigenvalue weighted by molar-refractivity contribution is -0.117. The zero-order valence-corrected chi connectivity index (χ0v) is 16.3. The quantitative estimate of drug-likeness (QED) is 0.675. The molecule has 150 valence electrons. The summed E-state index contributed by atoms with van der Waals surface area (Å²) >= 11 is 0. The number of fused-ring (bicyclic) bond motifs is 1. The zero-order valence-electron chi connectivity index (χ0n) is 16.3. The van der Waals surface area contributed by atoms with Crippen LogP contribution in [0.25, 0.3) is 0 Å². The standard InChI is InChI=1S/C19H28FN3O4/c1-5-6-23-16(25)8-12-7-13(9-15(20)17(12)23)21-10-14(24)11-22-18(26)27-19(2,3)4/h7,9,14,21,24H,5-6,8,10-11H2,1-4H3,(H,22,26)/t14-/m0/s1. The molecule has 0 saturated carbocycles. The van der Waals surface area contributed by atoms with Crippen molar-refractivity contribution in [2.45, 2.75) is 52.2 Å².